The predicted octanol–water partition coefficient (Wildman–Crippen LogP) is 2.22. The van der Waals surface area contributed by atoms with Gasteiger partial charge < -0.3 is 10.4 Å². The van der Waals surface area contributed by atoms with E-state index in [9.17, 15) is 14.0 Å². The summed E-state index contributed by atoms with van der Waals surface area (Å²) in [4.78, 5) is 29.7. The lowest BCUT2D eigenvalue weighted by Gasteiger charge is -2.06. The highest BCUT2D eigenvalue weighted by Gasteiger charge is 2.13. The number of aromatic carboxylic acids is 1. The maximum Gasteiger partial charge on any atom is 0.356 e. The first kappa shape index (κ1) is 13.9. The molecule has 1 heterocycles. The maximum absolute atomic E-state index is 13.1. The molecule has 0 bridgehead atoms. The lowest BCUT2D eigenvalue weighted by atomic mass is 10.2. The average molecular weight is 296 g/mol. The summed E-state index contributed by atoms with van der Waals surface area (Å²) in [5.41, 5.74) is -0.317. The van der Waals surface area contributed by atoms with Crippen molar-refractivity contribution in [2.75, 3.05) is 5.32 Å². The van der Waals surface area contributed by atoms with Gasteiger partial charge in [-0.05, 0) is 18.2 Å². The van der Waals surface area contributed by atoms with Crippen LogP contribution in [0, 0.1) is 5.82 Å². The van der Waals surface area contributed by atoms with Crippen LogP contribution < -0.4 is 5.32 Å². The van der Waals surface area contributed by atoms with Gasteiger partial charge in [0.15, 0.2) is 11.5 Å². The highest BCUT2D eigenvalue weighted by Crippen LogP contribution is 2.18. The van der Waals surface area contributed by atoms with Gasteiger partial charge >= 0.3 is 5.97 Å². The van der Waals surface area contributed by atoms with Crippen LogP contribution >= 0.6 is 11.6 Å². The largest absolute Gasteiger partial charge is 0.476 e. The van der Waals surface area contributed by atoms with Crippen molar-refractivity contribution in [1.29, 1.82) is 0 Å². The molecule has 0 aliphatic heterocycles. The second-order valence-corrected chi connectivity index (χ2v) is 4.08. The molecule has 2 N–H and O–H groups in total. The summed E-state index contributed by atoms with van der Waals surface area (Å²) in [6, 6.07) is 3.36. The molecule has 2 rings (SSSR count). The standard InChI is InChI=1S/C12H7ClFN3O3/c13-8-2-1-6(14)3-7(8)11(18)17-10-5-15-9(4-16-10)12(19)20/h1-5H,(H,19,20)(H,16,17,18). The molecule has 1 amide bonds. The van der Waals surface area contributed by atoms with E-state index in [4.69, 9.17) is 16.7 Å². The summed E-state index contributed by atoms with van der Waals surface area (Å²) >= 11 is 5.78. The number of carboxylic acid groups (broad SMARTS) is 1. The van der Waals surface area contributed by atoms with E-state index in [1.165, 1.54) is 6.07 Å². The molecule has 0 unspecified atom stereocenters. The van der Waals surface area contributed by atoms with E-state index in [1.807, 2.05) is 0 Å². The third-order valence-electron chi connectivity index (χ3n) is 2.29. The number of benzene rings is 1. The number of amides is 1. The van der Waals surface area contributed by atoms with E-state index in [0.717, 1.165) is 24.5 Å². The molecule has 0 saturated carbocycles. The van der Waals surface area contributed by atoms with Gasteiger partial charge in [0.2, 0.25) is 0 Å². The fourth-order valence-corrected chi connectivity index (χ4v) is 1.56. The molecule has 0 fully saturated rings. The maximum atomic E-state index is 13.1. The van der Waals surface area contributed by atoms with Crippen molar-refractivity contribution in [3.63, 3.8) is 0 Å². The van der Waals surface area contributed by atoms with Gasteiger partial charge in [-0.1, -0.05) is 11.6 Å². The van der Waals surface area contributed by atoms with Gasteiger partial charge in [0, 0.05) is 0 Å². The smallest absolute Gasteiger partial charge is 0.356 e. The number of hydrogen-bond donors (Lipinski definition) is 2. The Labute approximate surface area is 117 Å². The predicted molar refractivity (Wildman–Crippen MR) is 68.4 cm³/mol. The molecule has 0 aliphatic rings. The number of hydrogen-bond acceptors (Lipinski definition) is 4. The van der Waals surface area contributed by atoms with Crippen LogP contribution in [0.4, 0.5) is 10.2 Å². The lowest BCUT2D eigenvalue weighted by molar-refractivity contribution is 0.0690. The zero-order valence-corrected chi connectivity index (χ0v) is 10.6. The third-order valence-corrected chi connectivity index (χ3v) is 2.62. The van der Waals surface area contributed by atoms with Crippen molar-refractivity contribution in [3.05, 3.63) is 52.7 Å². The highest BCUT2D eigenvalue weighted by atomic mass is 35.5. The number of carboxylic acids is 1. The molecule has 20 heavy (non-hydrogen) atoms. The second kappa shape index (κ2) is 5.62. The normalized spacial score (nSPS) is 10.1. The summed E-state index contributed by atoms with van der Waals surface area (Å²) < 4.78 is 13.1. The van der Waals surface area contributed by atoms with Gasteiger partial charge in [-0.3, -0.25) is 4.79 Å². The molecule has 102 valence electrons. The van der Waals surface area contributed by atoms with Crippen molar-refractivity contribution in [2.45, 2.75) is 0 Å². The third kappa shape index (κ3) is 3.07. The molecule has 0 spiro atoms. The van der Waals surface area contributed by atoms with Gasteiger partial charge in [-0.15, -0.1) is 0 Å². The molecular formula is C12H7ClFN3O3. The van der Waals surface area contributed by atoms with Crippen LogP contribution in [0.25, 0.3) is 0 Å². The Morgan fingerprint density at radius 1 is 1.25 bits per heavy atom. The fourth-order valence-electron chi connectivity index (χ4n) is 1.36. The molecule has 1 aromatic heterocycles. The Balaban J connectivity index is 2.19. The van der Waals surface area contributed by atoms with E-state index >= 15 is 0 Å². The van der Waals surface area contributed by atoms with Crippen molar-refractivity contribution >= 4 is 29.3 Å². The number of aromatic nitrogens is 2. The van der Waals surface area contributed by atoms with E-state index in [2.05, 4.69) is 15.3 Å². The van der Waals surface area contributed by atoms with Crippen molar-refractivity contribution in [3.8, 4) is 0 Å². The number of carbonyl (C=O) groups excluding carboxylic acids is 1. The van der Waals surface area contributed by atoms with Crippen molar-refractivity contribution in [1.82, 2.24) is 9.97 Å². The van der Waals surface area contributed by atoms with Crippen LogP contribution in [0.3, 0.4) is 0 Å². The Kier molecular flexibility index (Phi) is 3.90. The first-order valence-corrected chi connectivity index (χ1v) is 5.67. The topological polar surface area (TPSA) is 92.2 Å². The minimum Gasteiger partial charge on any atom is -0.476 e. The minimum absolute atomic E-state index is 0.0281. The van der Waals surface area contributed by atoms with Gasteiger partial charge in [0.1, 0.15) is 5.82 Å². The SMILES string of the molecule is O=C(O)c1cnc(NC(=O)c2cc(F)ccc2Cl)cn1. The zero-order valence-electron chi connectivity index (χ0n) is 9.80. The lowest BCUT2D eigenvalue weighted by Crippen LogP contribution is -2.14. The van der Waals surface area contributed by atoms with Gasteiger partial charge in [-0.25, -0.2) is 19.2 Å². The molecule has 8 heteroatoms. The van der Waals surface area contributed by atoms with Crippen LogP contribution in [0.15, 0.2) is 30.6 Å². The summed E-state index contributed by atoms with van der Waals surface area (Å²) in [5, 5.41) is 11.1. The highest BCUT2D eigenvalue weighted by molar-refractivity contribution is 6.34. The summed E-state index contributed by atoms with van der Waals surface area (Å²) in [5.74, 6) is -2.48. The van der Waals surface area contributed by atoms with Gasteiger partial charge in [0.05, 0.1) is 23.0 Å². The minimum atomic E-state index is -1.23. The molecule has 0 saturated heterocycles. The number of nitrogens with one attached hydrogen (secondary N) is 1. The van der Waals surface area contributed by atoms with Crippen LogP contribution in [0.5, 0.6) is 0 Å². The van der Waals surface area contributed by atoms with E-state index < -0.39 is 17.7 Å². The van der Waals surface area contributed by atoms with Crippen LogP contribution in [0.2, 0.25) is 5.02 Å². The van der Waals surface area contributed by atoms with Crippen LogP contribution in [0.1, 0.15) is 20.8 Å². The van der Waals surface area contributed by atoms with Crippen molar-refractivity contribution < 1.29 is 19.1 Å². The van der Waals surface area contributed by atoms with Crippen LogP contribution in [-0.2, 0) is 0 Å². The Bertz CT molecular complexity index is 676. The number of carbonyl (C=O) groups is 2. The first-order chi connectivity index (χ1) is 9.47. The van der Waals surface area contributed by atoms with Crippen molar-refractivity contribution in [2.24, 2.45) is 0 Å². The van der Waals surface area contributed by atoms with E-state index in [-0.39, 0.29) is 22.1 Å². The molecule has 6 nitrogen and oxygen atoms in total. The molecule has 0 aliphatic carbocycles. The zero-order chi connectivity index (χ0) is 14.7. The first-order valence-electron chi connectivity index (χ1n) is 5.29. The van der Waals surface area contributed by atoms with Crippen LogP contribution in [-0.4, -0.2) is 27.0 Å². The van der Waals surface area contributed by atoms with Gasteiger partial charge in [-0.2, -0.15) is 0 Å². The van der Waals surface area contributed by atoms with E-state index in [0.29, 0.717) is 0 Å². The second-order valence-electron chi connectivity index (χ2n) is 3.67. The summed E-state index contributed by atoms with van der Waals surface area (Å²) in [6.45, 7) is 0. The number of halogens is 2. The monoisotopic (exact) mass is 295 g/mol. The summed E-state index contributed by atoms with van der Waals surface area (Å²) in [6.07, 6.45) is 2.07. The Morgan fingerprint density at radius 3 is 2.60 bits per heavy atom. The fraction of sp³-hybridized carbons (Fsp3) is 0. The number of rotatable bonds is 3. The number of nitrogens with zero attached hydrogens (tertiary/aromatic N) is 2. The molecular weight excluding hydrogens is 289 g/mol. The Hall–Kier alpha value is -2.54. The molecule has 1 aromatic carbocycles. The number of anilines is 1. The summed E-state index contributed by atoms with van der Waals surface area (Å²) in [7, 11) is 0. The molecule has 2 aromatic rings. The van der Waals surface area contributed by atoms with Gasteiger partial charge in [0.25, 0.3) is 5.91 Å². The molecule has 0 atom stereocenters. The van der Waals surface area contributed by atoms with E-state index in [1.54, 1.807) is 0 Å². The quantitative estimate of drug-likeness (QED) is 0.906. The average Bonchev–Trinajstić information content (AvgIpc) is 2.42. The Morgan fingerprint density at radius 2 is 2.00 bits per heavy atom. The molecule has 0 radical (unpaired) electrons.